The SMILES string of the molecule is CS/C=C/C1OC2(CCCCC2)OC1C(=O)O. The number of hydrogen-bond acceptors (Lipinski definition) is 4. The van der Waals surface area contributed by atoms with Gasteiger partial charge in [-0.25, -0.2) is 4.79 Å². The topological polar surface area (TPSA) is 55.8 Å². The molecule has 0 amide bonds. The first-order valence-electron chi connectivity index (χ1n) is 5.95. The van der Waals surface area contributed by atoms with Gasteiger partial charge in [-0.1, -0.05) is 6.42 Å². The van der Waals surface area contributed by atoms with E-state index in [1.165, 1.54) is 18.2 Å². The van der Waals surface area contributed by atoms with E-state index < -0.39 is 24.0 Å². The Morgan fingerprint density at radius 2 is 2.06 bits per heavy atom. The molecule has 1 heterocycles. The standard InChI is InChI=1S/C12H18O4S/c1-17-8-5-9-10(11(13)14)16-12(15-9)6-3-2-4-7-12/h5,8-10H,2-4,6-7H2,1H3,(H,13,14)/b8-5+. The van der Waals surface area contributed by atoms with E-state index in [1.54, 1.807) is 6.08 Å². The van der Waals surface area contributed by atoms with Gasteiger partial charge in [0.1, 0.15) is 6.10 Å². The molecule has 2 atom stereocenters. The molecule has 0 aromatic rings. The predicted octanol–water partition coefficient (Wildman–Crippen LogP) is 2.39. The first-order valence-corrected chi connectivity index (χ1v) is 7.24. The summed E-state index contributed by atoms with van der Waals surface area (Å²) in [5.74, 6) is -1.59. The van der Waals surface area contributed by atoms with Crippen molar-refractivity contribution in [2.75, 3.05) is 6.26 Å². The summed E-state index contributed by atoms with van der Waals surface area (Å²) in [6.07, 6.45) is 7.27. The molecule has 1 spiro atoms. The number of aliphatic carboxylic acids is 1. The molecule has 0 bridgehead atoms. The van der Waals surface area contributed by atoms with Crippen LogP contribution in [0.2, 0.25) is 0 Å². The third-order valence-corrected chi connectivity index (χ3v) is 3.68. The Labute approximate surface area is 105 Å². The minimum Gasteiger partial charge on any atom is -0.479 e. The van der Waals surface area contributed by atoms with E-state index in [4.69, 9.17) is 14.6 Å². The van der Waals surface area contributed by atoms with Crippen LogP contribution in [0.4, 0.5) is 0 Å². The van der Waals surface area contributed by atoms with Crippen LogP contribution >= 0.6 is 11.8 Å². The highest BCUT2D eigenvalue weighted by Crippen LogP contribution is 2.41. The van der Waals surface area contributed by atoms with Gasteiger partial charge in [-0.3, -0.25) is 0 Å². The zero-order valence-electron chi connectivity index (χ0n) is 9.93. The summed E-state index contributed by atoms with van der Waals surface area (Å²) in [6, 6.07) is 0. The molecule has 2 fully saturated rings. The van der Waals surface area contributed by atoms with Crippen molar-refractivity contribution in [1.82, 2.24) is 0 Å². The summed E-state index contributed by atoms with van der Waals surface area (Å²) in [5, 5.41) is 11.0. The van der Waals surface area contributed by atoms with Crippen LogP contribution < -0.4 is 0 Å². The van der Waals surface area contributed by atoms with E-state index in [-0.39, 0.29) is 0 Å². The second-order valence-corrected chi connectivity index (χ2v) is 5.24. The van der Waals surface area contributed by atoms with Gasteiger partial charge in [0.05, 0.1) is 0 Å². The molecule has 0 aromatic heterocycles. The van der Waals surface area contributed by atoms with Gasteiger partial charge in [0, 0.05) is 12.8 Å². The molecule has 2 unspecified atom stereocenters. The van der Waals surface area contributed by atoms with E-state index in [9.17, 15) is 4.79 Å². The third kappa shape index (κ3) is 2.84. The number of hydrogen-bond donors (Lipinski definition) is 1. The molecule has 1 aliphatic heterocycles. The van der Waals surface area contributed by atoms with Gasteiger partial charge in [0.2, 0.25) is 0 Å². The van der Waals surface area contributed by atoms with Crippen molar-refractivity contribution < 1.29 is 19.4 Å². The molecule has 96 valence electrons. The summed E-state index contributed by atoms with van der Waals surface area (Å²) < 4.78 is 11.5. The molecule has 4 nitrogen and oxygen atoms in total. The monoisotopic (exact) mass is 258 g/mol. The molecule has 1 saturated carbocycles. The lowest BCUT2D eigenvalue weighted by Crippen LogP contribution is -2.34. The third-order valence-electron chi connectivity index (χ3n) is 3.25. The Bertz CT molecular complexity index is 310. The molecule has 1 N–H and O–H groups in total. The van der Waals surface area contributed by atoms with Crippen LogP contribution in [0.5, 0.6) is 0 Å². The maximum atomic E-state index is 11.2. The van der Waals surface area contributed by atoms with Crippen LogP contribution in [0.25, 0.3) is 0 Å². The highest BCUT2D eigenvalue weighted by molar-refractivity contribution is 8.01. The van der Waals surface area contributed by atoms with Crippen molar-refractivity contribution in [1.29, 1.82) is 0 Å². The van der Waals surface area contributed by atoms with Gasteiger partial charge in [-0.05, 0) is 30.6 Å². The van der Waals surface area contributed by atoms with E-state index in [0.29, 0.717) is 0 Å². The van der Waals surface area contributed by atoms with Crippen LogP contribution in [-0.2, 0) is 14.3 Å². The largest absolute Gasteiger partial charge is 0.479 e. The van der Waals surface area contributed by atoms with Crippen LogP contribution in [0, 0.1) is 0 Å². The van der Waals surface area contributed by atoms with Crippen LogP contribution in [0.1, 0.15) is 32.1 Å². The predicted molar refractivity (Wildman–Crippen MR) is 65.9 cm³/mol. The van der Waals surface area contributed by atoms with E-state index in [2.05, 4.69) is 0 Å². The summed E-state index contributed by atoms with van der Waals surface area (Å²) in [6.45, 7) is 0. The zero-order valence-corrected chi connectivity index (χ0v) is 10.7. The smallest absolute Gasteiger partial charge is 0.336 e. The number of rotatable bonds is 3. The highest BCUT2D eigenvalue weighted by atomic mass is 32.2. The quantitative estimate of drug-likeness (QED) is 0.842. The zero-order chi connectivity index (χ0) is 12.3. The molecule has 17 heavy (non-hydrogen) atoms. The first-order chi connectivity index (χ1) is 8.17. The molecule has 0 radical (unpaired) electrons. The maximum absolute atomic E-state index is 11.2. The molecule has 1 aliphatic carbocycles. The molecule has 0 aromatic carbocycles. The molecule has 2 aliphatic rings. The number of carboxylic acid groups (broad SMARTS) is 1. The Kier molecular flexibility index (Phi) is 4.12. The van der Waals surface area contributed by atoms with Crippen molar-refractivity contribution in [3.8, 4) is 0 Å². The van der Waals surface area contributed by atoms with Crippen LogP contribution in [0.15, 0.2) is 11.5 Å². The summed E-state index contributed by atoms with van der Waals surface area (Å²) in [4.78, 5) is 11.2. The summed E-state index contributed by atoms with van der Waals surface area (Å²) in [7, 11) is 0. The van der Waals surface area contributed by atoms with Gasteiger partial charge in [0.25, 0.3) is 0 Å². The number of ether oxygens (including phenoxy) is 2. The van der Waals surface area contributed by atoms with E-state index in [1.807, 2.05) is 11.7 Å². The lowest BCUT2D eigenvalue weighted by atomic mass is 9.94. The Morgan fingerprint density at radius 1 is 1.35 bits per heavy atom. The van der Waals surface area contributed by atoms with E-state index >= 15 is 0 Å². The fourth-order valence-electron chi connectivity index (χ4n) is 2.45. The summed E-state index contributed by atoms with van der Waals surface area (Å²) >= 11 is 1.53. The van der Waals surface area contributed by atoms with Gasteiger partial charge >= 0.3 is 5.97 Å². The molecule has 1 saturated heterocycles. The number of carbonyl (C=O) groups is 1. The number of carboxylic acids is 1. The molecule has 5 heteroatoms. The van der Waals surface area contributed by atoms with Gasteiger partial charge in [-0.15, -0.1) is 11.8 Å². The van der Waals surface area contributed by atoms with Crippen LogP contribution in [0.3, 0.4) is 0 Å². The van der Waals surface area contributed by atoms with Gasteiger partial charge in [-0.2, -0.15) is 0 Å². The minimum absolute atomic E-state index is 0.460. The first kappa shape index (κ1) is 12.9. The Balaban J connectivity index is 2.10. The lowest BCUT2D eigenvalue weighted by Gasteiger charge is -2.31. The second kappa shape index (κ2) is 5.42. The van der Waals surface area contributed by atoms with Crippen molar-refractivity contribution in [2.45, 2.75) is 50.1 Å². The molecular formula is C12H18O4S. The van der Waals surface area contributed by atoms with Crippen molar-refractivity contribution in [3.63, 3.8) is 0 Å². The van der Waals surface area contributed by atoms with E-state index in [0.717, 1.165) is 25.7 Å². The van der Waals surface area contributed by atoms with Crippen LogP contribution in [-0.4, -0.2) is 35.3 Å². The minimum atomic E-state index is -0.941. The lowest BCUT2D eigenvalue weighted by molar-refractivity contribution is -0.196. The Hall–Kier alpha value is -0.520. The Morgan fingerprint density at radius 3 is 2.65 bits per heavy atom. The highest BCUT2D eigenvalue weighted by Gasteiger charge is 2.49. The average Bonchev–Trinajstić information content (AvgIpc) is 2.66. The maximum Gasteiger partial charge on any atom is 0.336 e. The van der Waals surface area contributed by atoms with Gasteiger partial charge < -0.3 is 14.6 Å². The van der Waals surface area contributed by atoms with Gasteiger partial charge in [0.15, 0.2) is 11.9 Å². The average molecular weight is 258 g/mol. The van der Waals surface area contributed by atoms with Crippen molar-refractivity contribution in [2.24, 2.45) is 0 Å². The second-order valence-electron chi connectivity index (χ2n) is 4.49. The molecular weight excluding hydrogens is 240 g/mol. The summed E-state index contributed by atoms with van der Waals surface area (Å²) in [5.41, 5.74) is 0. The normalized spacial score (nSPS) is 32.3. The molecule has 2 rings (SSSR count). The number of thioether (sulfide) groups is 1. The fourth-order valence-corrected chi connectivity index (χ4v) is 2.76. The van der Waals surface area contributed by atoms with Crippen molar-refractivity contribution >= 4 is 17.7 Å². The fraction of sp³-hybridized carbons (Fsp3) is 0.750. The van der Waals surface area contributed by atoms with Crippen molar-refractivity contribution in [3.05, 3.63) is 11.5 Å².